The molecule has 1 aliphatic rings. The van der Waals surface area contributed by atoms with Gasteiger partial charge in [-0.2, -0.15) is 0 Å². The maximum Gasteiger partial charge on any atom is 0.257 e. The van der Waals surface area contributed by atoms with Gasteiger partial charge in [0.15, 0.2) is 0 Å². The third kappa shape index (κ3) is 6.40. The van der Waals surface area contributed by atoms with Crippen molar-refractivity contribution in [2.24, 2.45) is 5.92 Å². The number of piperidine rings is 1. The number of nitrogens with one attached hydrogen (secondary N) is 2. The van der Waals surface area contributed by atoms with Gasteiger partial charge in [0.25, 0.3) is 5.91 Å². The van der Waals surface area contributed by atoms with Gasteiger partial charge in [0.2, 0.25) is 5.91 Å². The minimum absolute atomic E-state index is 0.0343. The number of amides is 2. The van der Waals surface area contributed by atoms with Gasteiger partial charge in [0.05, 0.1) is 0 Å². The summed E-state index contributed by atoms with van der Waals surface area (Å²) >= 11 is 0. The summed E-state index contributed by atoms with van der Waals surface area (Å²) in [4.78, 5) is 27.3. The van der Waals surface area contributed by atoms with Crippen LogP contribution in [0.2, 0.25) is 0 Å². The molecule has 0 atom stereocenters. The van der Waals surface area contributed by atoms with E-state index in [0.717, 1.165) is 50.1 Å². The van der Waals surface area contributed by atoms with Crippen molar-refractivity contribution in [2.45, 2.75) is 46.0 Å². The first-order valence-electron chi connectivity index (χ1n) is 12.9. The smallest absolute Gasteiger partial charge is 0.257 e. The maximum absolute atomic E-state index is 12.9. The highest BCUT2D eigenvalue weighted by Gasteiger charge is 2.23. The third-order valence-electron chi connectivity index (χ3n) is 6.81. The van der Waals surface area contributed by atoms with Gasteiger partial charge in [-0.25, -0.2) is 0 Å². The van der Waals surface area contributed by atoms with Crippen LogP contribution in [0.4, 0.5) is 5.69 Å². The van der Waals surface area contributed by atoms with Crippen LogP contribution in [-0.2, 0) is 4.79 Å². The molecule has 1 saturated heterocycles. The molecule has 2 aromatic carbocycles. The number of carbonyl (C=O) groups excluding carboxylic acids is 2. The summed E-state index contributed by atoms with van der Waals surface area (Å²) < 4.78 is 5.32. The second kappa shape index (κ2) is 12.0. The van der Waals surface area contributed by atoms with Gasteiger partial charge in [0, 0.05) is 23.7 Å². The molecular weight excluding hydrogens is 452 g/mol. The number of aryl methyl sites for hydroxylation is 1. The quantitative estimate of drug-likeness (QED) is 0.402. The second-order valence-electron chi connectivity index (χ2n) is 9.82. The van der Waals surface area contributed by atoms with Crippen LogP contribution in [0.3, 0.4) is 0 Å². The Bertz CT molecular complexity index is 1160. The van der Waals surface area contributed by atoms with Crippen molar-refractivity contribution >= 4 is 17.5 Å². The molecule has 1 aliphatic heterocycles. The molecule has 1 aromatic heterocycles. The van der Waals surface area contributed by atoms with E-state index < -0.39 is 0 Å². The van der Waals surface area contributed by atoms with Crippen LogP contribution in [0, 0.1) is 12.8 Å². The largest absolute Gasteiger partial charge is 0.360 e. The van der Waals surface area contributed by atoms with Gasteiger partial charge < -0.3 is 20.1 Å². The molecule has 36 heavy (non-hydrogen) atoms. The summed E-state index contributed by atoms with van der Waals surface area (Å²) in [6.45, 7) is 9.19. The van der Waals surface area contributed by atoms with E-state index >= 15 is 0 Å². The molecule has 2 amide bonds. The van der Waals surface area contributed by atoms with Crippen LogP contribution >= 0.6 is 0 Å². The van der Waals surface area contributed by atoms with Gasteiger partial charge in [-0.15, -0.1) is 0 Å². The number of hydrogen-bond acceptors (Lipinski definition) is 5. The molecule has 0 saturated carbocycles. The summed E-state index contributed by atoms with van der Waals surface area (Å²) in [6, 6.07) is 17.9. The van der Waals surface area contributed by atoms with Crippen LogP contribution < -0.4 is 10.6 Å². The van der Waals surface area contributed by atoms with E-state index in [-0.39, 0.29) is 17.7 Å². The lowest BCUT2D eigenvalue weighted by Crippen LogP contribution is -2.35. The summed E-state index contributed by atoms with van der Waals surface area (Å²) in [5, 5.41) is 10.1. The Morgan fingerprint density at radius 1 is 1.08 bits per heavy atom. The van der Waals surface area contributed by atoms with Crippen LogP contribution in [0.1, 0.15) is 60.7 Å². The Morgan fingerprint density at radius 3 is 2.56 bits per heavy atom. The molecule has 1 fully saturated rings. The molecule has 0 unspecified atom stereocenters. The fourth-order valence-corrected chi connectivity index (χ4v) is 4.67. The molecule has 0 aliphatic carbocycles. The topological polar surface area (TPSA) is 87.5 Å². The number of anilines is 1. The van der Waals surface area contributed by atoms with Crippen molar-refractivity contribution in [3.05, 3.63) is 71.5 Å². The van der Waals surface area contributed by atoms with Crippen LogP contribution in [-0.4, -0.2) is 48.0 Å². The summed E-state index contributed by atoms with van der Waals surface area (Å²) in [5.41, 5.74) is 4.13. The third-order valence-corrected chi connectivity index (χ3v) is 6.81. The normalized spacial score (nSPS) is 14.7. The molecule has 4 rings (SSSR count). The Kier molecular flexibility index (Phi) is 8.54. The Hall–Kier alpha value is -3.45. The molecule has 0 spiro atoms. The molecule has 3 aromatic rings. The van der Waals surface area contributed by atoms with Gasteiger partial charge in [-0.05, 0) is 69.4 Å². The number of rotatable bonds is 9. The first-order valence-corrected chi connectivity index (χ1v) is 12.9. The number of benzene rings is 2. The van der Waals surface area contributed by atoms with Gasteiger partial charge in [-0.3, -0.25) is 9.59 Å². The van der Waals surface area contributed by atoms with Crippen LogP contribution in [0.5, 0.6) is 0 Å². The summed E-state index contributed by atoms with van der Waals surface area (Å²) in [5.74, 6) is 0.902. The predicted molar refractivity (Wildman–Crippen MR) is 142 cm³/mol. The zero-order valence-electron chi connectivity index (χ0n) is 21.4. The first-order chi connectivity index (χ1) is 17.4. The molecule has 2 heterocycles. The van der Waals surface area contributed by atoms with E-state index in [4.69, 9.17) is 4.52 Å². The number of likely N-dealkylation sites (tertiary alicyclic amines) is 1. The zero-order valence-corrected chi connectivity index (χ0v) is 21.4. The van der Waals surface area contributed by atoms with Crippen LogP contribution in [0.25, 0.3) is 11.3 Å². The fraction of sp³-hybridized carbons (Fsp3) is 0.414. The number of hydrogen-bond donors (Lipinski definition) is 2. The van der Waals surface area contributed by atoms with Crippen molar-refractivity contribution in [3.63, 3.8) is 0 Å². The van der Waals surface area contributed by atoms with Crippen LogP contribution in [0.15, 0.2) is 59.1 Å². The standard InChI is InChI=1S/C29H36N4O3/c1-20(2)28(34)31-25-12-7-11-24(19-25)22-13-17-33(18-14-22)16-8-15-30-29(35)26-21(3)36-32-27(26)23-9-5-4-6-10-23/h4-7,9-12,19-20,22H,8,13-18H2,1-3H3,(H,30,35)(H,31,34). The highest BCUT2D eigenvalue weighted by atomic mass is 16.5. The Balaban J connectivity index is 1.22. The van der Waals surface area contributed by atoms with Gasteiger partial charge >= 0.3 is 0 Å². The van der Waals surface area contributed by atoms with E-state index in [1.54, 1.807) is 6.92 Å². The molecule has 7 nitrogen and oxygen atoms in total. The molecule has 190 valence electrons. The zero-order chi connectivity index (χ0) is 25.5. The number of carbonyl (C=O) groups is 2. The monoisotopic (exact) mass is 488 g/mol. The van der Waals surface area contributed by atoms with Crippen molar-refractivity contribution < 1.29 is 14.1 Å². The number of aromatic nitrogens is 1. The summed E-state index contributed by atoms with van der Waals surface area (Å²) in [6.07, 6.45) is 3.07. The average Bonchev–Trinajstić information content (AvgIpc) is 3.29. The molecule has 0 bridgehead atoms. The van der Waals surface area contributed by atoms with E-state index in [1.807, 2.05) is 56.3 Å². The highest BCUT2D eigenvalue weighted by Crippen LogP contribution is 2.30. The Morgan fingerprint density at radius 2 is 1.83 bits per heavy atom. The maximum atomic E-state index is 12.9. The molecule has 0 radical (unpaired) electrons. The predicted octanol–water partition coefficient (Wildman–Crippen LogP) is 5.24. The van der Waals surface area contributed by atoms with Gasteiger partial charge in [0.1, 0.15) is 17.0 Å². The van der Waals surface area contributed by atoms with Crippen molar-refractivity contribution in [1.82, 2.24) is 15.4 Å². The van der Waals surface area contributed by atoms with Crippen molar-refractivity contribution in [1.29, 1.82) is 0 Å². The lowest BCUT2D eigenvalue weighted by atomic mass is 9.89. The number of nitrogens with zero attached hydrogens (tertiary/aromatic N) is 2. The lowest BCUT2D eigenvalue weighted by Gasteiger charge is -2.32. The molecular formula is C29H36N4O3. The summed E-state index contributed by atoms with van der Waals surface area (Å²) in [7, 11) is 0. The fourth-order valence-electron chi connectivity index (χ4n) is 4.67. The molecule has 7 heteroatoms. The van der Waals surface area contributed by atoms with Crippen molar-refractivity contribution in [3.8, 4) is 11.3 Å². The van der Waals surface area contributed by atoms with E-state index in [0.29, 0.717) is 29.5 Å². The van der Waals surface area contributed by atoms with E-state index in [2.05, 4.69) is 32.8 Å². The highest BCUT2D eigenvalue weighted by molar-refractivity contribution is 6.00. The minimum atomic E-state index is -0.143. The van der Waals surface area contributed by atoms with Crippen molar-refractivity contribution in [2.75, 3.05) is 31.5 Å². The second-order valence-corrected chi connectivity index (χ2v) is 9.82. The van der Waals surface area contributed by atoms with E-state index in [9.17, 15) is 9.59 Å². The SMILES string of the molecule is Cc1onc(-c2ccccc2)c1C(=O)NCCCN1CCC(c2cccc(NC(=O)C(C)C)c2)CC1. The Labute approximate surface area is 213 Å². The lowest BCUT2D eigenvalue weighted by molar-refractivity contribution is -0.118. The minimum Gasteiger partial charge on any atom is -0.360 e. The molecule has 2 N–H and O–H groups in total. The van der Waals surface area contributed by atoms with Gasteiger partial charge in [-0.1, -0.05) is 61.5 Å². The first kappa shape index (κ1) is 25.6. The average molecular weight is 489 g/mol. The van der Waals surface area contributed by atoms with E-state index in [1.165, 1.54) is 5.56 Å².